The van der Waals surface area contributed by atoms with E-state index in [0.717, 1.165) is 16.7 Å². The van der Waals surface area contributed by atoms with Crippen molar-refractivity contribution in [2.75, 3.05) is 12.1 Å². The van der Waals surface area contributed by atoms with Crippen LogP contribution in [-0.4, -0.2) is 31.3 Å². The summed E-state index contributed by atoms with van der Waals surface area (Å²) in [7, 11) is -0.251. The number of rotatable bonds is 4. The van der Waals surface area contributed by atoms with Gasteiger partial charge in [-0.25, -0.2) is 9.78 Å². The molecular formula is C23H23N3O2Si. The molecule has 2 heterocycles. The summed E-state index contributed by atoms with van der Waals surface area (Å²) in [5.41, 5.74) is 3.84. The molecule has 146 valence electrons. The minimum atomic E-state index is -1.63. The molecule has 1 N–H and O–H groups in total. The summed E-state index contributed by atoms with van der Waals surface area (Å²) >= 11 is 0. The van der Waals surface area contributed by atoms with E-state index < -0.39 is 8.24 Å². The van der Waals surface area contributed by atoms with Gasteiger partial charge in [0.2, 0.25) is 0 Å². The quantitative estimate of drug-likeness (QED) is 0.394. The van der Waals surface area contributed by atoms with Crippen LogP contribution in [0, 0.1) is 11.8 Å². The third kappa shape index (κ3) is 5.77. The highest BCUT2D eigenvalue weighted by molar-refractivity contribution is 6.79. The number of methoxy groups -OCH3 is 1. The molecule has 0 bridgehead atoms. The lowest BCUT2D eigenvalue weighted by atomic mass is 10.1. The molecule has 5 nitrogen and oxygen atoms in total. The summed E-state index contributed by atoms with van der Waals surface area (Å²) < 4.78 is 4.90. The van der Waals surface area contributed by atoms with E-state index >= 15 is 0 Å². The number of carbonyl (C=O) groups excluding carboxylic acids is 1. The Morgan fingerprint density at radius 1 is 1.03 bits per heavy atom. The van der Waals surface area contributed by atoms with Crippen molar-refractivity contribution in [2.24, 2.45) is 0 Å². The first kappa shape index (κ1) is 20.3. The first-order valence-electron chi connectivity index (χ1n) is 9.25. The molecule has 1 aromatic carbocycles. The van der Waals surface area contributed by atoms with Gasteiger partial charge < -0.3 is 9.72 Å². The lowest BCUT2D eigenvalue weighted by Crippen LogP contribution is -2.32. The van der Waals surface area contributed by atoms with Crippen LogP contribution >= 0.6 is 0 Å². The van der Waals surface area contributed by atoms with Gasteiger partial charge in [-0.3, -0.25) is 4.98 Å². The Balaban J connectivity index is 1.92. The maximum absolute atomic E-state index is 12.1. The standard InChI is InChI=1S/C23H23N3O2Si/c1-28-23(27)20-14-21(25-22(15-20)26-29(2,3)4)19-11-9-17(10-12-19)7-8-18-6-5-13-24-16-18/h5-6,9-16H,1-4H3,(H,25,26). The molecule has 0 aliphatic heterocycles. The molecule has 6 heteroatoms. The summed E-state index contributed by atoms with van der Waals surface area (Å²) in [6, 6.07) is 15.1. The Bertz CT molecular complexity index is 1060. The number of aromatic nitrogens is 2. The first-order chi connectivity index (χ1) is 13.8. The van der Waals surface area contributed by atoms with Gasteiger partial charge in [0.05, 0.1) is 18.4 Å². The van der Waals surface area contributed by atoms with Crippen LogP contribution in [0.15, 0.2) is 60.9 Å². The van der Waals surface area contributed by atoms with Crippen molar-refractivity contribution in [1.29, 1.82) is 0 Å². The summed E-state index contributed by atoms with van der Waals surface area (Å²) in [4.78, 5) is 24.3. The smallest absolute Gasteiger partial charge is 0.338 e. The number of nitrogens with one attached hydrogen (secondary N) is 1. The number of hydrogen-bond donors (Lipinski definition) is 1. The van der Waals surface area contributed by atoms with E-state index in [1.807, 2.05) is 36.4 Å². The van der Waals surface area contributed by atoms with Crippen LogP contribution in [0.4, 0.5) is 5.82 Å². The highest BCUT2D eigenvalue weighted by Gasteiger charge is 2.17. The van der Waals surface area contributed by atoms with Crippen molar-refractivity contribution >= 4 is 20.0 Å². The van der Waals surface area contributed by atoms with E-state index in [1.165, 1.54) is 7.11 Å². The van der Waals surface area contributed by atoms with Gasteiger partial charge in [-0.1, -0.05) is 43.6 Å². The third-order valence-electron chi connectivity index (χ3n) is 3.94. The van der Waals surface area contributed by atoms with E-state index in [-0.39, 0.29) is 5.97 Å². The van der Waals surface area contributed by atoms with E-state index in [0.29, 0.717) is 17.1 Å². The van der Waals surface area contributed by atoms with Gasteiger partial charge in [0.25, 0.3) is 0 Å². The molecule has 0 amide bonds. The Hall–Kier alpha value is -3.43. The van der Waals surface area contributed by atoms with Gasteiger partial charge in [-0.05, 0) is 36.4 Å². The normalized spacial score (nSPS) is 10.6. The minimum Gasteiger partial charge on any atom is -0.465 e. The summed E-state index contributed by atoms with van der Waals surface area (Å²) in [6.07, 6.45) is 3.46. The van der Waals surface area contributed by atoms with Gasteiger partial charge in [-0.2, -0.15) is 0 Å². The Kier molecular flexibility index (Phi) is 6.10. The van der Waals surface area contributed by atoms with Gasteiger partial charge in [0, 0.05) is 29.1 Å². The molecule has 0 atom stereocenters. The second-order valence-electron chi connectivity index (χ2n) is 7.56. The molecule has 0 saturated carbocycles. The fourth-order valence-electron chi connectivity index (χ4n) is 2.67. The van der Waals surface area contributed by atoms with Gasteiger partial charge in [0.15, 0.2) is 0 Å². The second-order valence-corrected chi connectivity index (χ2v) is 12.3. The van der Waals surface area contributed by atoms with Gasteiger partial charge in [0.1, 0.15) is 14.1 Å². The van der Waals surface area contributed by atoms with Crippen molar-refractivity contribution in [3.8, 4) is 23.1 Å². The Labute approximate surface area is 172 Å². The van der Waals surface area contributed by atoms with Crippen LogP contribution in [0.5, 0.6) is 0 Å². The largest absolute Gasteiger partial charge is 0.465 e. The van der Waals surface area contributed by atoms with Crippen LogP contribution in [-0.2, 0) is 4.74 Å². The SMILES string of the molecule is COC(=O)c1cc(N[Si](C)(C)C)nc(-c2ccc(C#Cc3cccnc3)cc2)c1. The molecule has 3 aromatic rings. The molecule has 0 spiro atoms. The average Bonchev–Trinajstić information content (AvgIpc) is 2.71. The molecule has 0 aliphatic carbocycles. The zero-order chi connectivity index (χ0) is 20.9. The molecule has 2 aromatic heterocycles. The molecular weight excluding hydrogens is 378 g/mol. The first-order valence-corrected chi connectivity index (χ1v) is 12.8. The van der Waals surface area contributed by atoms with Gasteiger partial charge in [-0.15, -0.1) is 0 Å². The molecule has 3 rings (SSSR count). The molecule has 0 fully saturated rings. The minimum absolute atomic E-state index is 0.383. The monoisotopic (exact) mass is 401 g/mol. The average molecular weight is 402 g/mol. The molecule has 0 radical (unpaired) electrons. The van der Waals surface area contributed by atoms with Gasteiger partial charge >= 0.3 is 5.97 Å². The van der Waals surface area contributed by atoms with Crippen molar-refractivity contribution < 1.29 is 9.53 Å². The van der Waals surface area contributed by atoms with E-state index in [2.05, 4.69) is 41.4 Å². The number of benzene rings is 1. The topological polar surface area (TPSA) is 64.1 Å². The third-order valence-corrected chi connectivity index (χ3v) is 4.95. The number of hydrogen-bond acceptors (Lipinski definition) is 5. The molecule has 0 unspecified atom stereocenters. The van der Waals surface area contributed by atoms with E-state index in [9.17, 15) is 4.79 Å². The number of anilines is 1. The van der Waals surface area contributed by atoms with Crippen molar-refractivity contribution in [3.05, 3.63) is 77.6 Å². The second kappa shape index (κ2) is 8.72. The zero-order valence-electron chi connectivity index (χ0n) is 17.0. The zero-order valence-corrected chi connectivity index (χ0v) is 18.0. The molecule has 29 heavy (non-hydrogen) atoms. The van der Waals surface area contributed by atoms with E-state index in [1.54, 1.807) is 24.5 Å². The fraction of sp³-hybridized carbons (Fsp3) is 0.174. The van der Waals surface area contributed by atoms with Crippen LogP contribution in [0.1, 0.15) is 21.5 Å². The van der Waals surface area contributed by atoms with Crippen LogP contribution in [0.25, 0.3) is 11.3 Å². The fourth-order valence-corrected chi connectivity index (χ4v) is 3.56. The number of ether oxygens (including phenoxy) is 1. The Morgan fingerprint density at radius 3 is 2.38 bits per heavy atom. The predicted molar refractivity (Wildman–Crippen MR) is 118 cm³/mol. The summed E-state index contributed by atoms with van der Waals surface area (Å²) in [5.74, 6) is 6.52. The number of nitrogens with zero attached hydrogens (tertiary/aromatic N) is 2. The maximum atomic E-state index is 12.1. The summed E-state index contributed by atoms with van der Waals surface area (Å²) in [6.45, 7) is 6.53. The van der Waals surface area contributed by atoms with Crippen molar-refractivity contribution in [1.82, 2.24) is 9.97 Å². The highest BCUT2D eigenvalue weighted by Crippen LogP contribution is 2.23. The van der Waals surface area contributed by atoms with E-state index in [4.69, 9.17) is 9.72 Å². The Morgan fingerprint density at radius 2 is 1.76 bits per heavy atom. The van der Waals surface area contributed by atoms with Crippen molar-refractivity contribution in [2.45, 2.75) is 19.6 Å². The molecule has 0 saturated heterocycles. The van der Waals surface area contributed by atoms with Crippen LogP contribution in [0.3, 0.4) is 0 Å². The van der Waals surface area contributed by atoms with Crippen molar-refractivity contribution in [3.63, 3.8) is 0 Å². The number of pyridine rings is 2. The molecule has 0 aliphatic rings. The number of carbonyl (C=O) groups is 1. The summed E-state index contributed by atoms with van der Waals surface area (Å²) in [5, 5.41) is 0. The maximum Gasteiger partial charge on any atom is 0.338 e. The van der Waals surface area contributed by atoms with Crippen LogP contribution in [0.2, 0.25) is 19.6 Å². The van der Waals surface area contributed by atoms with Crippen LogP contribution < -0.4 is 4.98 Å². The lowest BCUT2D eigenvalue weighted by molar-refractivity contribution is 0.0600. The number of esters is 1. The lowest BCUT2D eigenvalue weighted by Gasteiger charge is -2.20. The highest BCUT2D eigenvalue weighted by atomic mass is 28.3. The predicted octanol–water partition coefficient (Wildman–Crippen LogP) is 4.58.